The molecule has 9 heteroatoms. The van der Waals surface area contributed by atoms with Gasteiger partial charge in [0.15, 0.2) is 0 Å². The Morgan fingerprint density at radius 2 is 1.83 bits per heavy atom. The molecule has 0 atom stereocenters. The lowest BCUT2D eigenvalue weighted by Crippen LogP contribution is -2.49. The van der Waals surface area contributed by atoms with Gasteiger partial charge in [-0.15, -0.1) is 0 Å². The SMILES string of the molecule is CCOC(=O)N1CCN(c2cc(C(=O)Nc3ccccc3OCC)ncn2)CC1. The van der Waals surface area contributed by atoms with Crippen molar-refractivity contribution in [3.8, 4) is 5.75 Å². The van der Waals surface area contributed by atoms with Gasteiger partial charge in [0.05, 0.1) is 18.9 Å². The van der Waals surface area contributed by atoms with E-state index >= 15 is 0 Å². The Labute approximate surface area is 169 Å². The maximum atomic E-state index is 12.7. The van der Waals surface area contributed by atoms with Crippen LogP contribution >= 0.6 is 0 Å². The highest BCUT2D eigenvalue weighted by Crippen LogP contribution is 2.24. The summed E-state index contributed by atoms with van der Waals surface area (Å²) in [6.07, 6.45) is 1.07. The normalized spacial score (nSPS) is 13.7. The van der Waals surface area contributed by atoms with Gasteiger partial charge in [-0.1, -0.05) is 12.1 Å². The number of piperazine rings is 1. The first kappa shape index (κ1) is 20.4. The Hall–Kier alpha value is -3.36. The second kappa shape index (κ2) is 9.72. The van der Waals surface area contributed by atoms with E-state index in [2.05, 4.69) is 15.3 Å². The number of nitrogens with zero attached hydrogens (tertiary/aromatic N) is 4. The number of carbonyl (C=O) groups is 2. The molecule has 0 bridgehead atoms. The molecule has 3 rings (SSSR count). The van der Waals surface area contributed by atoms with E-state index in [1.807, 2.05) is 24.0 Å². The number of hydrogen-bond acceptors (Lipinski definition) is 7. The predicted octanol–water partition coefficient (Wildman–Crippen LogP) is 2.41. The summed E-state index contributed by atoms with van der Waals surface area (Å²) in [6.45, 7) is 6.80. The number of para-hydroxylation sites is 2. The van der Waals surface area contributed by atoms with Gasteiger partial charge in [0, 0.05) is 32.2 Å². The van der Waals surface area contributed by atoms with Crippen molar-refractivity contribution in [2.45, 2.75) is 13.8 Å². The van der Waals surface area contributed by atoms with Crippen molar-refractivity contribution in [1.82, 2.24) is 14.9 Å². The van der Waals surface area contributed by atoms with Crippen molar-refractivity contribution in [2.24, 2.45) is 0 Å². The van der Waals surface area contributed by atoms with Crippen LogP contribution in [0.25, 0.3) is 0 Å². The lowest BCUT2D eigenvalue weighted by molar-refractivity contribution is 0.102. The molecular weight excluding hydrogens is 374 g/mol. The number of aromatic nitrogens is 2. The molecule has 29 heavy (non-hydrogen) atoms. The van der Waals surface area contributed by atoms with Crippen molar-refractivity contribution in [3.05, 3.63) is 42.4 Å². The first-order chi connectivity index (χ1) is 14.1. The van der Waals surface area contributed by atoms with Crippen LogP contribution in [0.5, 0.6) is 5.75 Å². The number of carbonyl (C=O) groups excluding carboxylic acids is 2. The summed E-state index contributed by atoms with van der Waals surface area (Å²) < 4.78 is 10.6. The highest BCUT2D eigenvalue weighted by atomic mass is 16.6. The quantitative estimate of drug-likeness (QED) is 0.797. The van der Waals surface area contributed by atoms with Crippen LogP contribution in [0, 0.1) is 0 Å². The van der Waals surface area contributed by atoms with Crippen LogP contribution in [-0.4, -0.2) is 66.3 Å². The van der Waals surface area contributed by atoms with Crippen molar-refractivity contribution >= 4 is 23.5 Å². The molecule has 0 saturated carbocycles. The van der Waals surface area contributed by atoms with E-state index in [-0.39, 0.29) is 17.7 Å². The highest BCUT2D eigenvalue weighted by Gasteiger charge is 2.23. The van der Waals surface area contributed by atoms with Gasteiger partial charge in [0.25, 0.3) is 5.91 Å². The van der Waals surface area contributed by atoms with Crippen molar-refractivity contribution < 1.29 is 19.1 Å². The molecule has 1 saturated heterocycles. The van der Waals surface area contributed by atoms with E-state index in [1.165, 1.54) is 6.33 Å². The predicted molar refractivity (Wildman–Crippen MR) is 108 cm³/mol. The van der Waals surface area contributed by atoms with Gasteiger partial charge in [-0.3, -0.25) is 4.79 Å². The fourth-order valence-electron chi connectivity index (χ4n) is 3.01. The van der Waals surface area contributed by atoms with Gasteiger partial charge in [0.1, 0.15) is 23.6 Å². The molecular formula is C20H25N5O4. The summed E-state index contributed by atoms with van der Waals surface area (Å²) >= 11 is 0. The zero-order valence-corrected chi connectivity index (χ0v) is 16.6. The van der Waals surface area contributed by atoms with Gasteiger partial charge in [-0.05, 0) is 26.0 Å². The third-order valence-electron chi connectivity index (χ3n) is 4.45. The minimum Gasteiger partial charge on any atom is -0.492 e. The molecule has 0 unspecified atom stereocenters. The summed E-state index contributed by atoms with van der Waals surface area (Å²) in [6, 6.07) is 8.90. The molecule has 0 radical (unpaired) electrons. The highest BCUT2D eigenvalue weighted by molar-refractivity contribution is 6.04. The molecule has 1 aromatic heterocycles. The average molecular weight is 399 g/mol. The van der Waals surface area contributed by atoms with E-state index in [4.69, 9.17) is 9.47 Å². The first-order valence-electron chi connectivity index (χ1n) is 9.64. The second-order valence-electron chi connectivity index (χ2n) is 6.32. The summed E-state index contributed by atoms with van der Waals surface area (Å²) in [5.74, 6) is 0.908. The number of nitrogens with one attached hydrogen (secondary N) is 1. The molecule has 1 fully saturated rings. The summed E-state index contributed by atoms with van der Waals surface area (Å²) in [4.78, 5) is 36.6. The van der Waals surface area contributed by atoms with Crippen LogP contribution in [0.4, 0.5) is 16.3 Å². The Bertz CT molecular complexity index is 852. The van der Waals surface area contributed by atoms with E-state index in [0.29, 0.717) is 56.6 Å². The molecule has 9 nitrogen and oxygen atoms in total. The molecule has 154 valence electrons. The topological polar surface area (TPSA) is 96.9 Å². The smallest absolute Gasteiger partial charge is 0.409 e. The molecule has 1 aliphatic heterocycles. The number of anilines is 2. The first-order valence-corrected chi connectivity index (χ1v) is 9.64. The molecule has 1 N–H and O–H groups in total. The van der Waals surface area contributed by atoms with Crippen molar-refractivity contribution in [2.75, 3.05) is 49.6 Å². The maximum Gasteiger partial charge on any atom is 0.409 e. The van der Waals surface area contributed by atoms with Gasteiger partial charge in [-0.2, -0.15) is 0 Å². The fourth-order valence-corrected chi connectivity index (χ4v) is 3.01. The second-order valence-corrected chi connectivity index (χ2v) is 6.32. The van der Waals surface area contributed by atoms with E-state index in [0.717, 1.165) is 0 Å². The van der Waals surface area contributed by atoms with Crippen LogP contribution in [-0.2, 0) is 4.74 Å². The summed E-state index contributed by atoms with van der Waals surface area (Å²) in [7, 11) is 0. The van der Waals surface area contributed by atoms with E-state index < -0.39 is 0 Å². The zero-order chi connectivity index (χ0) is 20.6. The van der Waals surface area contributed by atoms with E-state index in [9.17, 15) is 9.59 Å². The number of hydrogen-bond donors (Lipinski definition) is 1. The van der Waals surface area contributed by atoms with Gasteiger partial charge < -0.3 is 24.6 Å². The molecule has 2 heterocycles. The van der Waals surface area contributed by atoms with Crippen LogP contribution in [0.2, 0.25) is 0 Å². The van der Waals surface area contributed by atoms with Crippen molar-refractivity contribution in [1.29, 1.82) is 0 Å². The Morgan fingerprint density at radius 3 is 2.55 bits per heavy atom. The molecule has 2 aromatic rings. The zero-order valence-electron chi connectivity index (χ0n) is 16.6. The lowest BCUT2D eigenvalue weighted by Gasteiger charge is -2.34. The molecule has 0 spiro atoms. The maximum absolute atomic E-state index is 12.7. The average Bonchev–Trinajstić information content (AvgIpc) is 2.75. The van der Waals surface area contributed by atoms with E-state index in [1.54, 1.807) is 30.0 Å². The number of benzene rings is 1. The van der Waals surface area contributed by atoms with Crippen molar-refractivity contribution in [3.63, 3.8) is 0 Å². The minimum atomic E-state index is -0.342. The summed E-state index contributed by atoms with van der Waals surface area (Å²) in [5, 5.41) is 2.84. The van der Waals surface area contributed by atoms with Crippen LogP contribution in [0.3, 0.4) is 0 Å². The van der Waals surface area contributed by atoms with Crippen LogP contribution in [0.15, 0.2) is 36.7 Å². The molecule has 0 aliphatic carbocycles. The van der Waals surface area contributed by atoms with Gasteiger partial charge >= 0.3 is 6.09 Å². The van der Waals surface area contributed by atoms with Crippen LogP contribution < -0.4 is 15.0 Å². The number of rotatable bonds is 6. The molecule has 1 aliphatic rings. The molecule has 1 aromatic carbocycles. The monoisotopic (exact) mass is 399 g/mol. The van der Waals surface area contributed by atoms with Gasteiger partial charge in [0.2, 0.25) is 0 Å². The fraction of sp³-hybridized carbons (Fsp3) is 0.400. The molecule has 2 amide bonds. The Balaban J connectivity index is 1.66. The standard InChI is InChI=1S/C20H25N5O4/c1-3-28-17-8-6-5-7-15(17)23-19(26)16-13-18(22-14-21-16)24-9-11-25(12-10-24)20(27)29-4-2/h5-8,13-14H,3-4,9-12H2,1-2H3,(H,23,26). The van der Waals surface area contributed by atoms with Gasteiger partial charge in [-0.25, -0.2) is 14.8 Å². The lowest BCUT2D eigenvalue weighted by atomic mass is 10.2. The largest absolute Gasteiger partial charge is 0.492 e. The summed E-state index contributed by atoms with van der Waals surface area (Å²) in [5.41, 5.74) is 0.844. The third kappa shape index (κ3) is 5.13. The minimum absolute atomic E-state index is 0.258. The Morgan fingerprint density at radius 1 is 1.07 bits per heavy atom. The Kier molecular flexibility index (Phi) is 6.83. The number of amides is 2. The van der Waals surface area contributed by atoms with Crippen LogP contribution in [0.1, 0.15) is 24.3 Å². The third-order valence-corrected chi connectivity index (χ3v) is 4.45. The number of ether oxygens (including phenoxy) is 2.